The van der Waals surface area contributed by atoms with Gasteiger partial charge in [-0.25, -0.2) is 4.79 Å². The molecule has 0 unspecified atom stereocenters. The van der Waals surface area contributed by atoms with Crippen molar-refractivity contribution in [2.24, 2.45) is 0 Å². The Balaban J connectivity index is 1.66. The number of para-hydroxylation sites is 1. The van der Waals surface area contributed by atoms with Crippen molar-refractivity contribution in [1.82, 2.24) is 5.32 Å². The van der Waals surface area contributed by atoms with E-state index in [1.807, 2.05) is 61.5 Å². The number of benzene rings is 2. The van der Waals surface area contributed by atoms with Gasteiger partial charge in [0.25, 0.3) is 0 Å². The quantitative estimate of drug-likeness (QED) is 0.665. The number of thiophene rings is 1. The molecule has 3 aromatic rings. The minimum Gasteiger partial charge on any atom is -0.383 e. The van der Waals surface area contributed by atoms with Gasteiger partial charge in [0.2, 0.25) is 0 Å². The minimum absolute atomic E-state index is 0.136. The average Bonchev–Trinajstić information content (AvgIpc) is 3.00. The summed E-state index contributed by atoms with van der Waals surface area (Å²) < 4.78 is 1.12. The summed E-state index contributed by atoms with van der Waals surface area (Å²) in [5.41, 5.74) is 0.632. The first-order valence-corrected chi connectivity index (χ1v) is 8.59. The predicted molar refractivity (Wildman–Crippen MR) is 99.6 cm³/mol. The molecule has 1 heterocycles. The van der Waals surface area contributed by atoms with Crippen LogP contribution >= 0.6 is 11.3 Å². The number of carbonyl (C=O) groups excluding carboxylic acids is 1. The lowest BCUT2D eigenvalue weighted by Gasteiger charge is -2.22. The molecule has 2 amide bonds. The van der Waals surface area contributed by atoms with E-state index in [0.29, 0.717) is 0 Å². The second-order valence-corrected chi connectivity index (χ2v) is 7.13. The number of anilines is 1. The van der Waals surface area contributed by atoms with Crippen LogP contribution in [0.5, 0.6) is 0 Å². The molecule has 2 aromatic carbocycles. The number of aliphatic hydroxyl groups is 1. The Morgan fingerprint density at radius 2 is 1.88 bits per heavy atom. The normalized spacial score (nSPS) is 13.5. The number of aryl methyl sites for hydroxylation is 1. The smallest absolute Gasteiger partial charge is 0.319 e. The summed E-state index contributed by atoms with van der Waals surface area (Å²) in [6, 6.07) is 17.2. The van der Waals surface area contributed by atoms with E-state index in [0.717, 1.165) is 26.2 Å². The van der Waals surface area contributed by atoms with Crippen molar-refractivity contribution in [3.63, 3.8) is 0 Å². The van der Waals surface area contributed by atoms with Gasteiger partial charge in [0, 0.05) is 15.3 Å². The fraction of sp³-hybridized carbons (Fsp3) is 0.211. The molecule has 0 aliphatic heterocycles. The maximum Gasteiger partial charge on any atom is 0.319 e. The lowest BCUT2D eigenvalue weighted by atomic mass is 10.0. The van der Waals surface area contributed by atoms with Crippen LogP contribution in [0.25, 0.3) is 10.1 Å². The van der Waals surface area contributed by atoms with E-state index in [1.54, 1.807) is 18.3 Å². The number of nitrogens with one attached hydrogen (secondary N) is 2. The molecule has 24 heavy (non-hydrogen) atoms. The van der Waals surface area contributed by atoms with Crippen molar-refractivity contribution >= 4 is 33.1 Å². The van der Waals surface area contributed by atoms with Crippen molar-refractivity contribution in [2.75, 3.05) is 11.9 Å². The third-order valence-electron chi connectivity index (χ3n) is 3.94. The van der Waals surface area contributed by atoms with Crippen LogP contribution in [0.15, 0.2) is 54.6 Å². The molecule has 0 aliphatic rings. The molecule has 1 atom stereocenters. The van der Waals surface area contributed by atoms with Crippen LogP contribution in [-0.2, 0) is 5.60 Å². The van der Waals surface area contributed by atoms with Gasteiger partial charge in [0.1, 0.15) is 5.60 Å². The van der Waals surface area contributed by atoms with Gasteiger partial charge >= 0.3 is 6.03 Å². The van der Waals surface area contributed by atoms with Crippen molar-refractivity contribution < 1.29 is 9.90 Å². The van der Waals surface area contributed by atoms with Gasteiger partial charge in [-0.1, -0.05) is 36.4 Å². The van der Waals surface area contributed by atoms with Gasteiger partial charge in [-0.05, 0) is 43.0 Å². The summed E-state index contributed by atoms with van der Waals surface area (Å²) in [5, 5.41) is 17.4. The monoisotopic (exact) mass is 340 g/mol. The highest BCUT2D eigenvalue weighted by atomic mass is 32.1. The Morgan fingerprint density at radius 1 is 1.17 bits per heavy atom. The summed E-state index contributed by atoms with van der Waals surface area (Å²) in [5.74, 6) is 0. The molecule has 3 rings (SSSR count). The summed E-state index contributed by atoms with van der Waals surface area (Å²) in [4.78, 5) is 12.9. The Labute approximate surface area is 145 Å². The lowest BCUT2D eigenvalue weighted by molar-refractivity contribution is 0.0638. The van der Waals surface area contributed by atoms with Crippen LogP contribution in [0.3, 0.4) is 0 Å². The molecule has 3 N–H and O–H groups in total. The summed E-state index contributed by atoms with van der Waals surface area (Å²) in [7, 11) is 0. The maximum absolute atomic E-state index is 12.1. The van der Waals surface area contributed by atoms with Gasteiger partial charge in [0.15, 0.2) is 0 Å². The molecule has 0 saturated carbocycles. The van der Waals surface area contributed by atoms with Gasteiger partial charge in [-0.2, -0.15) is 0 Å². The first kappa shape index (κ1) is 16.5. The van der Waals surface area contributed by atoms with E-state index in [1.165, 1.54) is 0 Å². The molecular formula is C19H20N2O2S. The first-order chi connectivity index (χ1) is 11.5. The van der Waals surface area contributed by atoms with Gasteiger partial charge in [-0.3, -0.25) is 0 Å². The average molecular weight is 340 g/mol. The van der Waals surface area contributed by atoms with Crippen molar-refractivity contribution in [3.05, 3.63) is 65.0 Å². The molecule has 0 aliphatic carbocycles. The number of hydrogen-bond acceptors (Lipinski definition) is 3. The molecule has 5 heteroatoms. The predicted octanol–water partition coefficient (Wildman–Crippen LogP) is 4.24. The van der Waals surface area contributed by atoms with Gasteiger partial charge in [-0.15, -0.1) is 11.3 Å². The third kappa shape index (κ3) is 3.58. The molecule has 0 bridgehead atoms. The molecule has 0 fully saturated rings. The highest BCUT2D eigenvalue weighted by Crippen LogP contribution is 2.32. The highest BCUT2D eigenvalue weighted by Gasteiger charge is 2.26. The van der Waals surface area contributed by atoms with Crippen molar-refractivity contribution in [1.29, 1.82) is 0 Å². The van der Waals surface area contributed by atoms with Crippen molar-refractivity contribution in [3.8, 4) is 0 Å². The van der Waals surface area contributed by atoms with Crippen LogP contribution in [0.1, 0.15) is 17.4 Å². The number of urea groups is 1. The third-order valence-corrected chi connectivity index (χ3v) is 5.31. The molecular weight excluding hydrogens is 320 g/mol. The van der Waals surface area contributed by atoms with E-state index < -0.39 is 5.60 Å². The minimum atomic E-state index is -1.12. The summed E-state index contributed by atoms with van der Waals surface area (Å²) in [6.07, 6.45) is 0. The molecule has 4 nitrogen and oxygen atoms in total. The fourth-order valence-corrected chi connectivity index (χ4v) is 3.57. The second-order valence-electron chi connectivity index (χ2n) is 6.04. The SMILES string of the molecule is Cc1ccccc1NC(=O)NC[C@@](C)(O)c1cc2ccccc2s1. The number of rotatable bonds is 4. The topological polar surface area (TPSA) is 61.4 Å². The van der Waals surface area contributed by atoms with E-state index in [2.05, 4.69) is 10.6 Å². The molecule has 0 radical (unpaired) electrons. The van der Waals surface area contributed by atoms with Gasteiger partial charge < -0.3 is 15.7 Å². The fourth-order valence-electron chi connectivity index (χ4n) is 2.47. The Bertz CT molecular complexity index is 837. The number of amides is 2. The highest BCUT2D eigenvalue weighted by molar-refractivity contribution is 7.19. The first-order valence-electron chi connectivity index (χ1n) is 7.78. The lowest BCUT2D eigenvalue weighted by Crippen LogP contribution is -2.40. The molecule has 0 spiro atoms. The zero-order valence-corrected chi connectivity index (χ0v) is 14.5. The van der Waals surface area contributed by atoms with E-state index in [9.17, 15) is 9.90 Å². The van der Waals surface area contributed by atoms with E-state index in [-0.39, 0.29) is 12.6 Å². The number of hydrogen-bond donors (Lipinski definition) is 3. The largest absolute Gasteiger partial charge is 0.383 e. The summed E-state index contributed by atoms with van der Waals surface area (Å²) in [6.45, 7) is 3.78. The number of fused-ring (bicyclic) bond motifs is 1. The zero-order chi connectivity index (χ0) is 17.2. The van der Waals surface area contributed by atoms with Crippen LogP contribution in [0.2, 0.25) is 0 Å². The molecule has 0 saturated heterocycles. The Morgan fingerprint density at radius 3 is 2.62 bits per heavy atom. The Hall–Kier alpha value is -2.37. The van der Waals surface area contributed by atoms with Crippen LogP contribution < -0.4 is 10.6 Å². The second kappa shape index (κ2) is 6.63. The van der Waals surface area contributed by atoms with Crippen LogP contribution in [-0.4, -0.2) is 17.7 Å². The van der Waals surface area contributed by atoms with E-state index in [4.69, 9.17) is 0 Å². The van der Waals surface area contributed by atoms with Gasteiger partial charge in [0.05, 0.1) is 6.54 Å². The standard InChI is InChI=1S/C19H20N2O2S/c1-13-7-3-5-9-15(13)21-18(22)20-12-19(2,23)17-11-14-8-4-6-10-16(14)24-17/h3-11,23H,12H2,1-2H3,(H2,20,21,22)/t19-/m1/s1. The maximum atomic E-state index is 12.1. The van der Waals surface area contributed by atoms with E-state index >= 15 is 0 Å². The Kier molecular flexibility index (Phi) is 4.55. The molecule has 1 aromatic heterocycles. The van der Waals surface area contributed by atoms with Crippen LogP contribution in [0, 0.1) is 6.92 Å². The molecule has 124 valence electrons. The zero-order valence-electron chi connectivity index (χ0n) is 13.7. The van der Waals surface area contributed by atoms with Crippen molar-refractivity contribution in [2.45, 2.75) is 19.4 Å². The van der Waals surface area contributed by atoms with Crippen LogP contribution in [0.4, 0.5) is 10.5 Å². The number of carbonyl (C=O) groups is 1. The summed E-state index contributed by atoms with van der Waals surface area (Å²) >= 11 is 1.54.